The van der Waals surface area contributed by atoms with Crippen LogP contribution in [-0.2, 0) is 6.54 Å². The van der Waals surface area contributed by atoms with Crippen LogP contribution in [0.2, 0.25) is 0 Å². The van der Waals surface area contributed by atoms with E-state index in [1.54, 1.807) is 0 Å². The number of nitrogens with one attached hydrogen (secondary N) is 1. The predicted molar refractivity (Wildman–Crippen MR) is 80.5 cm³/mol. The van der Waals surface area contributed by atoms with Crippen LogP contribution in [0.5, 0.6) is 0 Å². The lowest BCUT2D eigenvalue weighted by molar-refractivity contribution is 0.335. The summed E-state index contributed by atoms with van der Waals surface area (Å²) in [6.45, 7) is 3.08. The summed E-state index contributed by atoms with van der Waals surface area (Å²) in [6.07, 6.45) is 9.24. The molecule has 0 radical (unpaired) electrons. The monoisotopic (exact) mass is 278 g/mol. The maximum Gasteiger partial charge on any atom is 0.157 e. The fraction of sp³-hybridized carbons (Fsp3) is 0.714. The molecule has 2 heterocycles. The van der Waals surface area contributed by atoms with Gasteiger partial charge in [0.05, 0.1) is 12.6 Å². The standard InChI is InChI=1S/C14H22N4S/c1-11(9-18-8-4-7-15-18)16-14-17-13-6-3-2-5-12(13)10-19-14/h4,7-8,11-13H,2-3,5-6,9-10H2,1H3,(H,16,17). The molecule has 2 aliphatic rings. The molecule has 0 saturated heterocycles. The second-order valence-corrected chi connectivity index (χ2v) is 6.64. The number of nitrogens with zero attached hydrogens (tertiary/aromatic N) is 3. The predicted octanol–water partition coefficient (Wildman–Crippen LogP) is 2.52. The van der Waals surface area contributed by atoms with Gasteiger partial charge in [-0.1, -0.05) is 24.6 Å². The maximum atomic E-state index is 4.91. The van der Waals surface area contributed by atoms with Crippen LogP contribution in [0.4, 0.5) is 0 Å². The van der Waals surface area contributed by atoms with Crippen LogP contribution >= 0.6 is 11.8 Å². The zero-order valence-electron chi connectivity index (χ0n) is 11.5. The molecule has 3 rings (SSSR count). The van der Waals surface area contributed by atoms with Crippen LogP contribution < -0.4 is 5.32 Å². The molecule has 4 nitrogen and oxygen atoms in total. The Morgan fingerprint density at radius 1 is 1.47 bits per heavy atom. The molecule has 5 heteroatoms. The van der Waals surface area contributed by atoms with Crippen molar-refractivity contribution < 1.29 is 0 Å². The first-order valence-corrected chi connectivity index (χ1v) is 8.24. The van der Waals surface area contributed by atoms with Gasteiger partial charge in [-0.2, -0.15) is 5.10 Å². The Morgan fingerprint density at radius 2 is 2.37 bits per heavy atom. The lowest BCUT2D eigenvalue weighted by Crippen LogP contribution is -2.39. The van der Waals surface area contributed by atoms with Gasteiger partial charge < -0.3 is 5.32 Å². The van der Waals surface area contributed by atoms with E-state index >= 15 is 0 Å². The average molecular weight is 278 g/mol. The lowest BCUT2D eigenvalue weighted by Gasteiger charge is -2.33. The van der Waals surface area contributed by atoms with Gasteiger partial charge in [-0.3, -0.25) is 9.67 Å². The van der Waals surface area contributed by atoms with E-state index in [1.165, 1.54) is 31.4 Å². The first-order valence-electron chi connectivity index (χ1n) is 7.26. The van der Waals surface area contributed by atoms with Crippen molar-refractivity contribution in [2.45, 2.75) is 51.2 Å². The second kappa shape index (κ2) is 5.99. The molecule has 1 aromatic heterocycles. The number of fused-ring (bicyclic) bond motifs is 1. The largest absolute Gasteiger partial charge is 0.361 e. The van der Waals surface area contributed by atoms with Crippen molar-refractivity contribution >= 4 is 16.9 Å². The third kappa shape index (κ3) is 3.32. The molecule has 1 saturated carbocycles. The Hall–Kier alpha value is -0.970. The highest BCUT2D eigenvalue weighted by atomic mass is 32.2. The normalized spacial score (nSPS) is 28.4. The molecule has 19 heavy (non-hydrogen) atoms. The molecule has 1 N–H and O–H groups in total. The Bertz CT molecular complexity index is 429. The highest BCUT2D eigenvalue weighted by Gasteiger charge is 2.29. The maximum absolute atomic E-state index is 4.91. The Morgan fingerprint density at radius 3 is 3.21 bits per heavy atom. The van der Waals surface area contributed by atoms with E-state index < -0.39 is 0 Å². The Labute approximate surface area is 119 Å². The Balaban J connectivity index is 1.56. The van der Waals surface area contributed by atoms with Crippen LogP contribution in [0.1, 0.15) is 32.6 Å². The molecule has 0 aromatic carbocycles. The van der Waals surface area contributed by atoms with Gasteiger partial charge >= 0.3 is 0 Å². The van der Waals surface area contributed by atoms with Gasteiger partial charge in [0.1, 0.15) is 0 Å². The van der Waals surface area contributed by atoms with Crippen molar-refractivity contribution in [2.24, 2.45) is 10.9 Å². The van der Waals surface area contributed by atoms with Crippen molar-refractivity contribution in [1.29, 1.82) is 0 Å². The molecule has 1 aromatic rings. The average Bonchev–Trinajstić information content (AvgIpc) is 2.91. The van der Waals surface area contributed by atoms with Crippen molar-refractivity contribution in [3.05, 3.63) is 18.5 Å². The van der Waals surface area contributed by atoms with Gasteiger partial charge in [0.25, 0.3) is 0 Å². The van der Waals surface area contributed by atoms with E-state index in [0.29, 0.717) is 12.1 Å². The van der Waals surface area contributed by atoms with Crippen LogP contribution in [0.15, 0.2) is 23.5 Å². The first kappa shape index (κ1) is 13.0. The van der Waals surface area contributed by atoms with E-state index in [1.807, 2.05) is 34.9 Å². The number of aliphatic imine (C=N–C) groups is 1. The van der Waals surface area contributed by atoms with E-state index in [4.69, 9.17) is 4.99 Å². The van der Waals surface area contributed by atoms with Gasteiger partial charge in [0, 0.05) is 24.2 Å². The van der Waals surface area contributed by atoms with Gasteiger partial charge in [0.15, 0.2) is 5.17 Å². The second-order valence-electron chi connectivity index (χ2n) is 5.63. The topological polar surface area (TPSA) is 42.2 Å². The highest BCUT2D eigenvalue weighted by molar-refractivity contribution is 8.13. The molecule has 104 valence electrons. The zero-order chi connectivity index (χ0) is 13.1. The van der Waals surface area contributed by atoms with Crippen molar-refractivity contribution in [1.82, 2.24) is 15.1 Å². The van der Waals surface area contributed by atoms with E-state index in [2.05, 4.69) is 17.3 Å². The summed E-state index contributed by atoms with van der Waals surface area (Å²) >= 11 is 1.90. The highest BCUT2D eigenvalue weighted by Crippen LogP contribution is 2.33. The minimum absolute atomic E-state index is 0.367. The van der Waals surface area contributed by atoms with Crippen LogP contribution in [0.25, 0.3) is 0 Å². The number of aromatic nitrogens is 2. The van der Waals surface area contributed by atoms with Crippen LogP contribution in [0.3, 0.4) is 0 Å². The molecule has 1 fully saturated rings. The Kier molecular flexibility index (Phi) is 4.11. The number of hydrogen-bond donors (Lipinski definition) is 1. The number of rotatable bonds is 3. The van der Waals surface area contributed by atoms with Crippen molar-refractivity contribution in [2.75, 3.05) is 5.75 Å². The molecule has 0 bridgehead atoms. The molecular weight excluding hydrogens is 256 g/mol. The SMILES string of the molecule is CC(Cn1cccn1)NC1=NC2CCCCC2CS1. The zero-order valence-corrected chi connectivity index (χ0v) is 12.3. The van der Waals surface area contributed by atoms with Crippen molar-refractivity contribution in [3.8, 4) is 0 Å². The fourth-order valence-electron chi connectivity index (χ4n) is 2.95. The minimum Gasteiger partial charge on any atom is -0.361 e. The summed E-state index contributed by atoms with van der Waals surface area (Å²) in [5.41, 5.74) is 0. The van der Waals surface area contributed by atoms with E-state index in [9.17, 15) is 0 Å². The summed E-state index contributed by atoms with van der Waals surface area (Å²) in [7, 11) is 0. The summed E-state index contributed by atoms with van der Waals surface area (Å²) in [6, 6.07) is 2.91. The summed E-state index contributed by atoms with van der Waals surface area (Å²) < 4.78 is 1.97. The molecule has 0 spiro atoms. The van der Waals surface area contributed by atoms with Gasteiger partial charge in [-0.25, -0.2) is 0 Å². The summed E-state index contributed by atoms with van der Waals surface area (Å²) in [4.78, 5) is 4.91. The van der Waals surface area contributed by atoms with Crippen LogP contribution in [-0.4, -0.2) is 32.8 Å². The molecule has 1 aliphatic heterocycles. The van der Waals surface area contributed by atoms with Crippen LogP contribution in [0, 0.1) is 5.92 Å². The number of hydrogen-bond acceptors (Lipinski definition) is 4. The summed E-state index contributed by atoms with van der Waals surface area (Å²) in [5, 5.41) is 8.93. The third-order valence-corrected chi connectivity index (χ3v) is 5.07. The fourth-order valence-corrected chi connectivity index (χ4v) is 4.21. The molecule has 1 aliphatic carbocycles. The first-order chi connectivity index (χ1) is 9.31. The lowest BCUT2D eigenvalue weighted by atomic mass is 9.86. The van der Waals surface area contributed by atoms with E-state index in [0.717, 1.165) is 17.6 Å². The summed E-state index contributed by atoms with van der Waals surface area (Å²) in [5.74, 6) is 2.07. The quantitative estimate of drug-likeness (QED) is 0.924. The molecule has 0 amide bonds. The molecule has 3 atom stereocenters. The number of amidine groups is 1. The van der Waals surface area contributed by atoms with Gasteiger partial charge in [0.2, 0.25) is 0 Å². The van der Waals surface area contributed by atoms with Gasteiger partial charge in [-0.05, 0) is 31.7 Å². The molecular formula is C14H22N4S. The smallest absolute Gasteiger partial charge is 0.157 e. The minimum atomic E-state index is 0.367. The number of thioether (sulfide) groups is 1. The van der Waals surface area contributed by atoms with E-state index in [-0.39, 0.29) is 0 Å². The third-order valence-electron chi connectivity index (χ3n) is 3.98. The van der Waals surface area contributed by atoms with Gasteiger partial charge in [-0.15, -0.1) is 0 Å². The van der Waals surface area contributed by atoms with Crippen molar-refractivity contribution in [3.63, 3.8) is 0 Å². The molecule has 3 unspecified atom stereocenters.